The Kier molecular flexibility index (Phi) is 4.19. The predicted molar refractivity (Wildman–Crippen MR) is 58.8 cm³/mol. The smallest absolute Gasteiger partial charge is 0.481 e. The number of hydrogen-bond acceptors (Lipinski definition) is 3. The third kappa shape index (κ3) is 4.77. The van der Waals surface area contributed by atoms with Crippen LogP contribution in [0.4, 0.5) is 18.9 Å². The van der Waals surface area contributed by atoms with Crippen LogP contribution in [0.25, 0.3) is 6.08 Å². The number of carboxylic acids is 1. The van der Waals surface area contributed by atoms with Crippen molar-refractivity contribution in [3.8, 4) is 5.75 Å². The molecule has 18 heavy (non-hydrogen) atoms. The Balaban J connectivity index is 2.96. The van der Waals surface area contributed by atoms with E-state index in [1.165, 1.54) is 24.3 Å². The zero-order valence-corrected chi connectivity index (χ0v) is 9.07. The van der Waals surface area contributed by atoms with Gasteiger partial charge in [0.25, 0.3) is 0 Å². The molecule has 0 amide bonds. The number of halogens is 3. The molecule has 0 aromatic heterocycles. The lowest BCUT2D eigenvalue weighted by Crippen LogP contribution is -2.17. The van der Waals surface area contributed by atoms with Crippen LogP contribution in [-0.4, -0.2) is 17.4 Å². The van der Waals surface area contributed by atoms with Gasteiger partial charge in [0.05, 0.1) is 6.42 Å². The van der Waals surface area contributed by atoms with Gasteiger partial charge in [-0.25, -0.2) is 0 Å². The van der Waals surface area contributed by atoms with Gasteiger partial charge in [-0.2, -0.15) is 0 Å². The third-order valence-corrected chi connectivity index (χ3v) is 1.85. The van der Waals surface area contributed by atoms with Crippen molar-refractivity contribution in [1.82, 2.24) is 0 Å². The van der Waals surface area contributed by atoms with Crippen molar-refractivity contribution in [3.05, 3.63) is 29.8 Å². The normalized spacial score (nSPS) is 11.7. The molecule has 0 radical (unpaired) electrons. The first-order chi connectivity index (χ1) is 8.28. The van der Waals surface area contributed by atoms with Gasteiger partial charge in [0, 0.05) is 11.3 Å². The van der Waals surface area contributed by atoms with Crippen molar-refractivity contribution >= 4 is 17.7 Å². The van der Waals surface area contributed by atoms with Gasteiger partial charge in [0.15, 0.2) is 0 Å². The van der Waals surface area contributed by atoms with Gasteiger partial charge in [-0.05, 0) is 18.2 Å². The second kappa shape index (κ2) is 5.44. The lowest BCUT2D eigenvalue weighted by Gasteiger charge is -2.11. The summed E-state index contributed by atoms with van der Waals surface area (Å²) in [7, 11) is 0. The first-order valence-electron chi connectivity index (χ1n) is 4.81. The van der Waals surface area contributed by atoms with Gasteiger partial charge in [-0.3, -0.25) is 4.79 Å². The number of alkyl halides is 3. The van der Waals surface area contributed by atoms with Crippen LogP contribution in [0.15, 0.2) is 24.3 Å². The molecule has 98 valence electrons. The van der Waals surface area contributed by atoms with Crippen LogP contribution in [0.3, 0.4) is 0 Å². The van der Waals surface area contributed by atoms with Crippen LogP contribution in [0.1, 0.15) is 12.0 Å². The second-order valence-electron chi connectivity index (χ2n) is 3.35. The molecule has 1 rings (SSSR count). The highest BCUT2D eigenvalue weighted by atomic mass is 19.4. The molecule has 0 aliphatic heterocycles. The molecule has 1 aromatic rings. The summed E-state index contributed by atoms with van der Waals surface area (Å²) in [6.07, 6.45) is -2.70. The number of nitrogens with two attached hydrogens (primary N) is 1. The van der Waals surface area contributed by atoms with Crippen LogP contribution < -0.4 is 10.5 Å². The maximum atomic E-state index is 12.1. The molecule has 0 heterocycles. The molecule has 0 aliphatic carbocycles. The van der Waals surface area contributed by atoms with E-state index in [4.69, 9.17) is 10.8 Å². The number of anilines is 1. The van der Waals surface area contributed by atoms with Gasteiger partial charge in [0.1, 0.15) is 5.75 Å². The fourth-order valence-corrected chi connectivity index (χ4v) is 1.20. The lowest BCUT2D eigenvalue weighted by atomic mass is 10.1. The molecule has 0 spiro atoms. The topological polar surface area (TPSA) is 72.5 Å². The molecule has 0 saturated carbocycles. The lowest BCUT2D eigenvalue weighted by molar-refractivity contribution is -0.274. The third-order valence-electron chi connectivity index (χ3n) is 1.85. The monoisotopic (exact) mass is 261 g/mol. The van der Waals surface area contributed by atoms with Crippen molar-refractivity contribution in [2.24, 2.45) is 0 Å². The number of aliphatic carboxylic acids is 1. The summed E-state index contributed by atoms with van der Waals surface area (Å²) in [5, 5.41) is 8.41. The summed E-state index contributed by atoms with van der Waals surface area (Å²) < 4.78 is 40.1. The summed E-state index contributed by atoms with van der Waals surface area (Å²) >= 11 is 0. The van der Waals surface area contributed by atoms with Gasteiger partial charge < -0.3 is 15.6 Å². The van der Waals surface area contributed by atoms with E-state index >= 15 is 0 Å². The molecule has 0 fully saturated rings. The van der Waals surface area contributed by atoms with E-state index in [9.17, 15) is 18.0 Å². The Bertz CT molecular complexity index is 469. The molecular formula is C11H10F3NO3. The summed E-state index contributed by atoms with van der Waals surface area (Å²) in [5.74, 6) is -1.52. The number of nitrogen functional groups attached to an aromatic ring is 1. The van der Waals surface area contributed by atoms with E-state index in [-0.39, 0.29) is 17.7 Å². The first kappa shape index (κ1) is 13.9. The van der Waals surface area contributed by atoms with Crippen molar-refractivity contribution < 1.29 is 27.8 Å². The van der Waals surface area contributed by atoms with Crippen LogP contribution in [0.2, 0.25) is 0 Å². The Morgan fingerprint density at radius 3 is 2.67 bits per heavy atom. The molecular weight excluding hydrogens is 251 g/mol. The van der Waals surface area contributed by atoms with Crippen LogP contribution >= 0.6 is 0 Å². The summed E-state index contributed by atoms with van der Waals surface area (Å²) in [5.41, 5.74) is 5.75. The minimum atomic E-state index is -4.81. The average Bonchev–Trinajstić information content (AvgIpc) is 2.19. The van der Waals surface area contributed by atoms with Crippen LogP contribution in [0, 0.1) is 0 Å². The van der Waals surface area contributed by atoms with Crippen molar-refractivity contribution in [2.75, 3.05) is 5.73 Å². The zero-order chi connectivity index (χ0) is 13.8. The summed E-state index contributed by atoms with van der Waals surface area (Å²) in [6, 6.07) is 3.60. The highest BCUT2D eigenvalue weighted by molar-refractivity contribution is 5.71. The van der Waals surface area contributed by atoms with Crippen LogP contribution in [0.5, 0.6) is 5.75 Å². The van der Waals surface area contributed by atoms with E-state index in [0.717, 1.165) is 6.07 Å². The molecule has 0 unspecified atom stereocenters. The molecule has 1 aromatic carbocycles. The maximum absolute atomic E-state index is 12.1. The number of carbonyl (C=O) groups is 1. The highest BCUT2D eigenvalue weighted by Crippen LogP contribution is 2.28. The van der Waals surface area contributed by atoms with Gasteiger partial charge in [-0.1, -0.05) is 12.2 Å². The minimum Gasteiger partial charge on any atom is -0.481 e. The van der Waals surface area contributed by atoms with E-state index < -0.39 is 18.1 Å². The molecule has 0 saturated heterocycles. The molecule has 0 bridgehead atoms. The minimum absolute atomic E-state index is 0.0635. The van der Waals surface area contributed by atoms with E-state index in [2.05, 4.69) is 4.74 Å². The average molecular weight is 261 g/mol. The second-order valence-corrected chi connectivity index (χ2v) is 3.35. The molecule has 0 aliphatic rings. The van der Waals surface area contributed by atoms with Crippen molar-refractivity contribution in [1.29, 1.82) is 0 Å². The van der Waals surface area contributed by atoms with E-state index in [0.29, 0.717) is 0 Å². The fraction of sp³-hybridized carbons (Fsp3) is 0.182. The highest BCUT2D eigenvalue weighted by Gasteiger charge is 2.31. The molecule has 7 heteroatoms. The molecule has 3 N–H and O–H groups in total. The van der Waals surface area contributed by atoms with Crippen molar-refractivity contribution in [2.45, 2.75) is 12.8 Å². The molecule has 0 atom stereocenters. The number of hydrogen-bond donors (Lipinski definition) is 2. The summed E-state index contributed by atoms with van der Waals surface area (Å²) in [4.78, 5) is 10.3. The molecule has 4 nitrogen and oxygen atoms in total. The Labute approximate surface area is 100 Å². The number of carboxylic acid groups (broad SMARTS) is 1. The standard InChI is InChI=1S/C11H10F3NO3/c12-11(13,14)18-9-5-4-8(15)6-7(9)2-1-3-10(16)17/h1-2,4-6H,3,15H2,(H,16,17). The van der Waals surface area contributed by atoms with Crippen molar-refractivity contribution in [3.63, 3.8) is 0 Å². The Morgan fingerprint density at radius 1 is 1.44 bits per heavy atom. The van der Waals surface area contributed by atoms with Crippen LogP contribution in [-0.2, 0) is 4.79 Å². The van der Waals surface area contributed by atoms with E-state index in [1.54, 1.807) is 0 Å². The van der Waals surface area contributed by atoms with Gasteiger partial charge in [-0.15, -0.1) is 13.2 Å². The number of ether oxygens (including phenoxy) is 1. The fourth-order valence-electron chi connectivity index (χ4n) is 1.20. The number of rotatable bonds is 4. The van der Waals surface area contributed by atoms with E-state index in [1.807, 2.05) is 0 Å². The number of benzene rings is 1. The first-order valence-corrected chi connectivity index (χ1v) is 4.81. The quantitative estimate of drug-likeness (QED) is 0.817. The Hall–Kier alpha value is -2.18. The zero-order valence-electron chi connectivity index (χ0n) is 9.07. The SMILES string of the molecule is Nc1ccc(OC(F)(F)F)c(C=CCC(=O)O)c1. The predicted octanol–water partition coefficient (Wildman–Crippen LogP) is 2.66. The maximum Gasteiger partial charge on any atom is 0.573 e. The van der Waals surface area contributed by atoms with Gasteiger partial charge in [0.2, 0.25) is 0 Å². The summed E-state index contributed by atoms with van der Waals surface area (Å²) in [6.45, 7) is 0. The Morgan fingerprint density at radius 2 is 2.11 bits per heavy atom. The van der Waals surface area contributed by atoms with Gasteiger partial charge >= 0.3 is 12.3 Å². The largest absolute Gasteiger partial charge is 0.573 e.